The van der Waals surface area contributed by atoms with E-state index in [0.29, 0.717) is 72.7 Å². The second-order valence-corrected chi connectivity index (χ2v) is 11.8. The number of fused-ring (bicyclic) bond motifs is 1. The van der Waals surface area contributed by atoms with E-state index in [1.807, 2.05) is 16.7 Å². The van der Waals surface area contributed by atoms with Gasteiger partial charge in [0.25, 0.3) is 6.43 Å². The summed E-state index contributed by atoms with van der Waals surface area (Å²) in [7, 11) is 0. The van der Waals surface area contributed by atoms with Crippen molar-refractivity contribution in [2.75, 3.05) is 37.7 Å². The van der Waals surface area contributed by atoms with E-state index in [1.54, 1.807) is 18.2 Å². The number of carboxylic acids is 1. The second-order valence-electron chi connectivity index (χ2n) is 11.4. The molecule has 1 N–H and O–H groups in total. The van der Waals surface area contributed by atoms with Crippen molar-refractivity contribution < 1.29 is 37.3 Å². The van der Waals surface area contributed by atoms with Crippen LogP contribution in [0.25, 0.3) is 11.0 Å². The third-order valence-corrected chi connectivity index (χ3v) is 8.46. The van der Waals surface area contributed by atoms with Crippen molar-refractivity contribution in [1.29, 1.82) is 0 Å². The highest BCUT2D eigenvalue weighted by molar-refractivity contribution is 6.30. The predicted octanol–water partition coefficient (Wildman–Crippen LogP) is 5.64. The molecule has 14 heteroatoms. The van der Waals surface area contributed by atoms with E-state index >= 15 is 0 Å². The summed E-state index contributed by atoms with van der Waals surface area (Å²) in [6, 6.07) is 12.7. The lowest BCUT2D eigenvalue weighted by Crippen LogP contribution is -2.52. The Hall–Kier alpha value is -4.07. The van der Waals surface area contributed by atoms with Crippen LogP contribution in [-0.4, -0.2) is 81.9 Å². The first-order valence-electron chi connectivity index (χ1n) is 15.0. The lowest BCUT2D eigenvalue weighted by molar-refractivity contribution is -0.0592. The summed E-state index contributed by atoms with van der Waals surface area (Å²) in [5, 5.41) is 10.0. The minimum atomic E-state index is -2.72. The third-order valence-electron chi connectivity index (χ3n) is 8.22. The molecule has 10 nitrogen and oxygen atoms in total. The maximum atomic E-state index is 14.2. The molecule has 0 aliphatic carbocycles. The van der Waals surface area contributed by atoms with Gasteiger partial charge in [0, 0.05) is 48.9 Å². The van der Waals surface area contributed by atoms with Crippen molar-refractivity contribution in [3.8, 4) is 11.6 Å². The van der Waals surface area contributed by atoms with Gasteiger partial charge in [-0.05, 0) is 43.7 Å². The highest BCUT2D eigenvalue weighted by Crippen LogP contribution is 2.32. The highest BCUT2D eigenvalue weighted by Gasteiger charge is 2.29. The van der Waals surface area contributed by atoms with Crippen molar-refractivity contribution in [1.82, 2.24) is 19.4 Å². The largest absolute Gasteiger partial charge is 0.485 e. The summed E-state index contributed by atoms with van der Waals surface area (Å²) in [6.07, 6.45) is -1.92. The van der Waals surface area contributed by atoms with Crippen LogP contribution in [0.2, 0.25) is 5.02 Å². The molecule has 4 heterocycles. The van der Waals surface area contributed by atoms with Crippen LogP contribution in [-0.2, 0) is 24.4 Å². The van der Waals surface area contributed by atoms with E-state index in [9.17, 15) is 23.1 Å². The molecule has 4 aromatic rings. The number of nitrogens with zero attached hydrogens (tertiary/aromatic N) is 5. The molecule has 2 aromatic carbocycles. The van der Waals surface area contributed by atoms with E-state index in [4.69, 9.17) is 30.8 Å². The molecule has 0 radical (unpaired) electrons. The number of anilines is 1. The number of halogens is 4. The molecule has 2 fully saturated rings. The molecule has 2 aromatic heterocycles. The molecular weight excluding hydrogens is 627 g/mol. The first-order valence-corrected chi connectivity index (χ1v) is 15.3. The van der Waals surface area contributed by atoms with Gasteiger partial charge in [0.1, 0.15) is 41.9 Å². The molecule has 0 saturated carbocycles. The van der Waals surface area contributed by atoms with E-state index in [-0.39, 0.29) is 30.1 Å². The molecule has 6 rings (SSSR count). The number of alkyl halides is 2. The van der Waals surface area contributed by atoms with Crippen LogP contribution in [0.1, 0.15) is 35.1 Å². The van der Waals surface area contributed by atoms with E-state index in [2.05, 4.69) is 21.7 Å². The SMILES string of the molecule is C[C@H]1CN(c2cccc(OCc3ccc(Cl)cc3F)n2)CCN1Cc1nc2c(OCC(F)F)cc(C(=O)O)cc2n1C[C@@H]1CCO1. The van der Waals surface area contributed by atoms with Gasteiger partial charge in [0.05, 0.1) is 30.3 Å². The quantitative estimate of drug-likeness (QED) is 0.207. The minimum absolute atomic E-state index is 0.00886. The Balaban J connectivity index is 1.19. The Morgan fingerprint density at radius 1 is 1.15 bits per heavy atom. The number of pyridine rings is 1. The third kappa shape index (κ3) is 7.16. The summed E-state index contributed by atoms with van der Waals surface area (Å²) in [6.45, 7) is 4.75. The lowest BCUT2D eigenvalue weighted by atomic mass is 10.1. The maximum Gasteiger partial charge on any atom is 0.335 e. The van der Waals surface area contributed by atoms with Gasteiger partial charge in [-0.15, -0.1) is 0 Å². The van der Waals surface area contributed by atoms with Crippen LogP contribution >= 0.6 is 11.6 Å². The van der Waals surface area contributed by atoms with Gasteiger partial charge in [-0.25, -0.2) is 22.9 Å². The van der Waals surface area contributed by atoms with E-state index in [0.717, 1.165) is 12.2 Å². The Kier molecular flexibility index (Phi) is 9.52. The molecule has 2 aliphatic heterocycles. The maximum absolute atomic E-state index is 14.2. The van der Waals surface area contributed by atoms with Crippen molar-refractivity contribution in [2.45, 2.75) is 51.6 Å². The summed E-state index contributed by atoms with van der Waals surface area (Å²) < 4.78 is 59.0. The number of hydrogen-bond acceptors (Lipinski definition) is 8. The first-order chi connectivity index (χ1) is 22.1. The molecule has 2 atom stereocenters. The molecule has 0 unspecified atom stereocenters. The summed E-state index contributed by atoms with van der Waals surface area (Å²) in [5.41, 5.74) is 1.14. The normalized spacial score (nSPS) is 18.6. The summed E-state index contributed by atoms with van der Waals surface area (Å²) in [5.74, 6) is 0.147. The van der Waals surface area contributed by atoms with Crippen LogP contribution in [0, 0.1) is 5.82 Å². The number of piperazine rings is 1. The molecule has 0 spiro atoms. The Bertz CT molecular complexity index is 1720. The summed E-state index contributed by atoms with van der Waals surface area (Å²) in [4.78, 5) is 25.8. The average Bonchev–Trinajstić information content (AvgIpc) is 3.35. The van der Waals surface area contributed by atoms with Crippen molar-refractivity contribution in [3.05, 3.63) is 76.3 Å². The van der Waals surface area contributed by atoms with Crippen LogP contribution in [0.3, 0.4) is 0 Å². The van der Waals surface area contributed by atoms with Gasteiger partial charge >= 0.3 is 5.97 Å². The van der Waals surface area contributed by atoms with Gasteiger partial charge in [-0.3, -0.25) is 4.90 Å². The zero-order chi connectivity index (χ0) is 32.4. The van der Waals surface area contributed by atoms with Gasteiger partial charge in [0.2, 0.25) is 5.88 Å². The molecule has 0 bridgehead atoms. The molecule has 2 aliphatic rings. The predicted molar refractivity (Wildman–Crippen MR) is 165 cm³/mol. The number of rotatable bonds is 12. The van der Waals surface area contributed by atoms with E-state index < -0.39 is 24.8 Å². The molecule has 0 amide bonds. The van der Waals surface area contributed by atoms with Crippen LogP contribution in [0.5, 0.6) is 11.6 Å². The standard InChI is InChI=1S/C32H33ClF3N5O5/c1-19-14-40(28-3-2-4-30(37-28)46-17-20-5-6-22(33)13-24(20)34)9-8-39(19)16-29-38-31-25(41(29)15-23-7-10-44-23)11-21(32(42)43)12-26(31)45-18-27(35)36/h2-6,11-13,19,23,27H,7-10,14-18H2,1H3,(H,42,43)/t19-,23-/m0/s1. The van der Waals surface area contributed by atoms with Crippen molar-refractivity contribution in [2.24, 2.45) is 0 Å². The number of carbonyl (C=O) groups is 1. The number of aromatic nitrogens is 3. The van der Waals surface area contributed by atoms with Crippen LogP contribution in [0.4, 0.5) is 19.0 Å². The fraction of sp³-hybridized carbons (Fsp3) is 0.406. The zero-order valence-corrected chi connectivity index (χ0v) is 25.8. The highest BCUT2D eigenvalue weighted by atomic mass is 35.5. The van der Waals surface area contributed by atoms with Gasteiger partial charge in [-0.2, -0.15) is 4.98 Å². The number of carboxylic acid groups (broad SMARTS) is 1. The minimum Gasteiger partial charge on any atom is -0.485 e. The number of benzene rings is 2. The first kappa shape index (κ1) is 31.9. The van der Waals surface area contributed by atoms with Crippen molar-refractivity contribution >= 4 is 34.4 Å². The topological polar surface area (TPSA) is 102 Å². The summed E-state index contributed by atoms with van der Waals surface area (Å²) >= 11 is 5.85. The Morgan fingerprint density at radius 3 is 2.67 bits per heavy atom. The van der Waals surface area contributed by atoms with Gasteiger partial charge in [0.15, 0.2) is 0 Å². The monoisotopic (exact) mass is 659 g/mol. The number of imidazole rings is 1. The fourth-order valence-corrected chi connectivity index (χ4v) is 5.81. The number of ether oxygens (including phenoxy) is 3. The smallest absolute Gasteiger partial charge is 0.335 e. The van der Waals surface area contributed by atoms with Crippen LogP contribution in [0.15, 0.2) is 48.5 Å². The van der Waals surface area contributed by atoms with Crippen molar-refractivity contribution in [3.63, 3.8) is 0 Å². The molecule has 2 saturated heterocycles. The molecular formula is C32H33ClF3N5O5. The van der Waals surface area contributed by atoms with Gasteiger partial charge < -0.3 is 28.8 Å². The van der Waals surface area contributed by atoms with E-state index in [1.165, 1.54) is 18.2 Å². The second kappa shape index (κ2) is 13.7. The number of hydrogen-bond donors (Lipinski definition) is 1. The Morgan fingerprint density at radius 2 is 1.98 bits per heavy atom. The van der Waals surface area contributed by atoms with Gasteiger partial charge in [-0.1, -0.05) is 23.7 Å². The zero-order valence-electron chi connectivity index (χ0n) is 25.0. The lowest BCUT2D eigenvalue weighted by Gasteiger charge is -2.40. The average molecular weight is 660 g/mol. The molecule has 244 valence electrons. The van der Waals surface area contributed by atoms with Crippen LogP contribution < -0.4 is 14.4 Å². The number of aromatic carboxylic acids is 1. The Labute approximate surface area is 268 Å². The molecule has 46 heavy (non-hydrogen) atoms. The fourth-order valence-electron chi connectivity index (χ4n) is 5.65.